The minimum absolute atomic E-state index is 0.166. The molecule has 2 aromatic heterocycles. The Labute approximate surface area is 124 Å². The molecular formula is C14H12N4O4. The highest BCUT2D eigenvalue weighted by atomic mass is 16.5. The summed E-state index contributed by atoms with van der Waals surface area (Å²) in [5.41, 5.74) is 2.67. The number of hydrogen-bond donors (Lipinski definition) is 3. The molecule has 0 saturated carbocycles. The van der Waals surface area contributed by atoms with Crippen LogP contribution in [-0.4, -0.2) is 26.4 Å². The highest BCUT2D eigenvalue weighted by molar-refractivity contribution is 5.86. The third-order valence-electron chi connectivity index (χ3n) is 2.91. The summed E-state index contributed by atoms with van der Waals surface area (Å²) in [6, 6.07) is 5.14. The van der Waals surface area contributed by atoms with Crippen molar-refractivity contribution in [1.29, 1.82) is 0 Å². The van der Waals surface area contributed by atoms with Gasteiger partial charge in [0.15, 0.2) is 6.39 Å². The summed E-state index contributed by atoms with van der Waals surface area (Å²) >= 11 is 0. The zero-order chi connectivity index (χ0) is 15.4. The van der Waals surface area contributed by atoms with Crippen LogP contribution in [-0.2, 0) is 6.61 Å². The lowest BCUT2D eigenvalue weighted by atomic mass is 10.1. The Kier molecular flexibility index (Phi) is 3.73. The Morgan fingerprint density at radius 3 is 3.00 bits per heavy atom. The van der Waals surface area contributed by atoms with Crippen molar-refractivity contribution in [1.82, 2.24) is 15.2 Å². The van der Waals surface area contributed by atoms with Crippen molar-refractivity contribution in [2.75, 3.05) is 5.32 Å². The van der Waals surface area contributed by atoms with E-state index in [1.54, 1.807) is 30.6 Å². The first-order valence-corrected chi connectivity index (χ1v) is 6.35. The van der Waals surface area contributed by atoms with E-state index in [-0.39, 0.29) is 6.61 Å². The molecule has 0 fully saturated rings. The lowest BCUT2D eigenvalue weighted by Gasteiger charge is -2.11. The Morgan fingerprint density at radius 2 is 2.32 bits per heavy atom. The summed E-state index contributed by atoms with van der Waals surface area (Å²) in [4.78, 5) is 14.8. The van der Waals surface area contributed by atoms with Gasteiger partial charge in [-0.3, -0.25) is 10.4 Å². The van der Waals surface area contributed by atoms with E-state index < -0.39 is 6.09 Å². The number of anilines is 1. The van der Waals surface area contributed by atoms with Crippen molar-refractivity contribution < 1.29 is 19.1 Å². The van der Waals surface area contributed by atoms with Crippen LogP contribution in [0.4, 0.5) is 10.5 Å². The molecule has 0 aliphatic rings. The molecule has 22 heavy (non-hydrogen) atoms. The fourth-order valence-corrected chi connectivity index (χ4v) is 1.91. The molecule has 0 atom stereocenters. The Balaban J connectivity index is 1.88. The lowest BCUT2D eigenvalue weighted by Crippen LogP contribution is -2.09. The molecule has 0 bridgehead atoms. The molecule has 3 N–H and O–H groups in total. The number of nitrogens with zero attached hydrogens (tertiary/aromatic N) is 2. The van der Waals surface area contributed by atoms with Crippen LogP contribution in [0.3, 0.4) is 0 Å². The van der Waals surface area contributed by atoms with Crippen molar-refractivity contribution in [2.45, 2.75) is 6.61 Å². The van der Waals surface area contributed by atoms with Crippen LogP contribution < -0.4 is 10.1 Å². The molecule has 8 nitrogen and oxygen atoms in total. The van der Waals surface area contributed by atoms with E-state index >= 15 is 0 Å². The van der Waals surface area contributed by atoms with E-state index in [0.717, 1.165) is 11.1 Å². The maximum Gasteiger partial charge on any atom is 0.409 e. The number of ether oxygens (including phenoxy) is 1. The van der Waals surface area contributed by atoms with Crippen molar-refractivity contribution >= 4 is 11.8 Å². The van der Waals surface area contributed by atoms with Crippen LogP contribution in [0.2, 0.25) is 0 Å². The normalized spacial score (nSPS) is 10.4. The maximum atomic E-state index is 10.9. The SMILES string of the molecule is O=C(O)Nc1ccc(-c2cn[nH]c2)cc1OCc1cocn1. The van der Waals surface area contributed by atoms with E-state index in [1.807, 2.05) is 0 Å². The lowest BCUT2D eigenvalue weighted by molar-refractivity contribution is 0.209. The van der Waals surface area contributed by atoms with Gasteiger partial charge in [-0.1, -0.05) is 6.07 Å². The van der Waals surface area contributed by atoms with Gasteiger partial charge in [-0.05, 0) is 17.7 Å². The number of rotatable bonds is 5. The van der Waals surface area contributed by atoms with E-state index in [2.05, 4.69) is 20.5 Å². The van der Waals surface area contributed by atoms with Crippen LogP contribution in [0.5, 0.6) is 5.75 Å². The summed E-state index contributed by atoms with van der Waals surface area (Å²) in [6.07, 6.45) is 5.01. The van der Waals surface area contributed by atoms with Gasteiger partial charge in [-0.2, -0.15) is 5.10 Å². The van der Waals surface area contributed by atoms with Crippen LogP contribution in [0.25, 0.3) is 11.1 Å². The highest BCUT2D eigenvalue weighted by Gasteiger charge is 2.10. The van der Waals surface area contributed by atoms with Crippen LogP contribution in [0, 0.1) is 0 Å². The summed E-state index contributed by atoms with van der Waals surface area (Å²) < 4.78 is 10.5. The summed E-state index contributed by atoms with van der Waals surface area (Å²) in [5, 5.41) is 17.8. The molecule has 1 aromatic carbocycles. The van der Waals surface area contributed by atoms with Gasteiger partial charge in [0, 0.05) is 11.8 Å². The molecular weight excluding hydrogens is 288 g/mol. The number of aromatic amines is 1. The summed E-state index contributed by atoms with van der Waals surface area (Å²) in [5.74, 6) is 0.393. The van der Waals surface area contributed by atoms with Gasteiger partial charge < -0.3 is 14.3 Å². The molecule has 0 spiro atoms. The molecule has 8 heteroatoms. The smallest absolute Gasteiger partial charge is 0.409 e. The van der Waals surface area contributed by atoms with Crippen molar-refractivity contribution in [3.8, 4) is 16.9 Å². The molecule has 3 rings (SSSR count). The van der Waals surface area contributed by atoms with Crippen LogP contribution >= 0.6 is 0 Å². The number of hydrogen-bond acceptors (Lipinski definition) is 5. The maximum absolute atomic E-state index is 10.9. The average Bonchev–Trinajstić information content (AvgIpc) is 3.19. The van der Waals surface area contributed by atoms with Crippen molar-refractivity contribution in [3.05, 3.63) is 48.9 Å². The molecule has 0 aliphatic carbocycles. The van der Waals surface area contributed by atoms with Gasteiger partial charge >= 0.3 is 6.09 Å². The Bertz CT molecular complexity index is 753. The summed E-state index contributed by atoms with van der Waals surface area (Å²) in [7, 11) is 0. The predicted molar refractivity (Wildman–Crippen MR) is 76.5 cm³/mol. The Hall–Kier alpha value is -3.29. The van der Waals surface area contributed by atoms with E-state index in [9.17, 15) is 4.79 Å². The average molecular weight is 300 g/mol. The number of carboxylic acid groups (broad SMARTS) is 1. The third-order valence-corrected chi connectivity index (χ3v) is 2.91. The first-order valence-electron chi connectivity index (χ1n) is 6.35. The van der Waals surface area contributed by atoms with Gasteiger partial charge in [-0.25, -0.2) is 9.78 Å². The predicted octanol–water partition coefficient (Wildman–Crippen LogP) is 2.73. The van der Waals surface area contributed by atoms with Crippen molar-refractivity contribution in [2.24, 2.45) is 0 Å². The topological polar surface area (TPSA) is 113 Å². The largest absolute Gasteiger partial charge is 0.485 e. The molecule has 112 valence electrons. The molecule has 0 unspecified atom stereocenters. The number of H-pyrrole nitrogens is 1. The van der Waals surface area contributed by atoms with Gasteiger partial charge in [-0.15, -0.1) is 0 Å². The van der Waals surface area contributed by atoms with Crippen molar-refractivity contribution in [3.63, 3.8) is 0 Å². The summed E-state index contributed by atoms with van der Waals surface area (Å²) in [6.45, 7) is 0.166. The molecule has 1 amide bonds. The fraction of sp³-hybridized carbons (Fsp3) is 0.0714. The highest BCUT2D eigenvalue weighted by Crippen LogP contribution is 2.31. The van der Waals surface area contributed by atoms with Gasteiger partial charge in [0.2, 0.25) is 0 Å². The minimum atomic E-state index is -1.16. The minimum Gasteiger partial charge on any atom is -0.485 e. The van der Waals surface area contributed by atoms with Crippen LogP contribution in [0.1, 0.15) is 5.69 Å². The number of oxazole rings is 1. The molecule has 3 aromatic rings. The standard InChI is InChI=1S/C14H12N4O4/c19-14(20)18-12-2-1-9(10-4-16-17-5-10)3-13(12)22-7-11-6-21-8-15-11/h1-6,8,18H,7H2,(H,16,17)(H,19,20). The first-order chi connectivity index (χ1) is 10.7. The number of amides is 1. The molecule has 2 heterocycles. The van der Waals surface area contributed by atoms with E-state index in [4.69, 9.17) is 14.3 Å². The molecule has 0 saturated heterocycles. The van der Waals surface area contributed by atoms with Gasteiger partial charge in [0.05, 0.1) is 11.9 Å². The first kappa shape index (κ1) is 13.7. The van der Waals surface area contributed by atoms with E-state index in [0.29, 0.717) is 17.1 Å². The van der Waals surface area contributed by atoms with Crippen LogP contribution in [0.15, 0.2) is 47.7 Å². The fourth-order valence-electron chi connectivity index (χ4n) is 1.91. The quantitative estimate of drug-likeness (QED) is 0.667. The van der Waals surface area contributed by atoms with E-state index in [1.165, 1.54) is 12.7 Å². The number of nitrogens with one attached hydrogen (secondary N) is 2. The number of benzene rings is 1. The number of carbonyl (C=O) groups is 1. The molecule has 0 radical (unpaired) electrons. The number of aromatic nitrogens is 3. The molecule has 0 aliphatic heterocycles. The monoisotopic (exact) mass is 300 g/mol. The van der Waals surface area contributed by atoms with Gasteiger partial charge in [0.25, 0.3) is 0 Å². The Morgan fingerprint density at radius 1 is 1.41 bits per heavy atom. The second-order valence-electron chi connectivity index (χ2n) is 4.40. The second kappa shape index (κ2) is 6.00. The van der Waals surface area contributed by atoms with Gasteiger partial charge in [0.1, 0.15) is 24.3 Å². The zero-order valence-corrected chi connectivity index (χ0v) is 11.3. The second-order valence-corrected chi connectivity index (χ2v) is 4.40. The zero-order valence-electron chi connectivity index (χ0n) is 11.3. The third kappa shape index (κ3) is 3.06.